The van der Waals surface area contributed by atoms with Crippen molar-refractivity contribution in [1.29, 1.82) is 0 Å². The summed E-state index contributed by atoms with van der Waals surface area (Å²) in [6, 6.07) is 8.41. The maximum Gasteiger partial charge on any atom is 0.282 e. The van der Waals surface area contributed by atoms with Crippen LogP contribution in [0.4, 0.5) is 5.69 Å². The van der Waals surface area contributed by atoms with E-state index in [1.54, 1.807) is 13.2 Å². The first-order valence-electron chi connectivity index (χ1n) is 6.09. The summed E-state index contributed by atoms with van der Waals surface area (Å²) in [5.41, 5.74) is 3.13. The molecule has 0 bridgehead atoms. The van der Waals surface area contributed by atoms with Crippen molar-refractivity contribution >= 4 is 21.6 Å². The molecule has 5 heteroatoms. The number of nitrogens with one attached hydrogen (secondary N) is 1. The van der Waals surface area contributed by atoms with Gasteiger partial charge in [-0.25, -0.2) is 4.68 Å². The number of benzene rings is 1. The van der Waals surface area contributed by atoms with E-state index in [-0.39, 0.29) is 5.56 Å². The van der Waals surface area contributed by atoms with Crippen molar-refractivity contribution < 1.29 is 0 Å². The van der Waals surface area contributed by atoms with Crippen molar-refractivity contribution in [1.82, 2.24) is 9.78 Å². The van der Waals surface area contributed by atoms with Crippen molar-refractivity contribution in [2.45, 2.75) is 13.3 Å². The highest BCUT2D eigenvalue weighted by Gasteiger charge is 2.05. The van der Waals surface area contributed by atoms with Gasteiger partial charge in [0.2, 0.25) is 0 Å². The number of hydrogen-bond acceptors (Lipinski definition) is 3. The van der Waals surface area contributed by atoms with Crippen LogP contribution in [0, 0.1) is 6.92 Å². The van der Waals surface area contributed by atoms with E-state index in [4.69, 9.17) is 0 Å². The van der Waals surface area contributed by atoms with Crippen molar-refractivity contribution in [3.63, 3.8) is 0 Å². The van der Waals surface area contributed by atoms with Crippen LogP contribution in [0.3, 0.4) is 0 Å². The highest BCUT2D eigenvalue weighted by Crippen LogP contribution is 2.15. The number of rotatable bonds is 4. The molecule has 1 aromatic carbocycles. The minimum atomic E-state index is -0.138. The zero-order valence-corrected chi connectivity index (χ0v) is 12.6. The Balaban J connectivity index is 2.00. The average Bonchev–Trinajstić information content (AvgIpc) is 2.39. The number of anilines is 1. The van der Waals surface area contributed by atoms with E-state index in [9.17, 15) is 4.79 Å². The van der Waals surface area contributed by atoms with Crippen LogP contribution in [0.5, 0.6) is 0 Å². The Morgan fingerprint density at radius 1 is 1.42 bits per heavy atom. The predicted octanol–water partition coefficient (Wildman–Crippen LogP) is 2.51. The molecule has 0 fully saturated rings. The largest absolute Gasteiger partial charge is 0.382 e. The fourth-order valence-electron chi connectivity index (χ4n) is 1.84. The highest BCUT2D eigenvalue weighted by molar-refractivity contribution is 9.10. The molecule has 1 N–H and O–H groups in total. The number of aryl methyl sites for hydroxylation is 2. The molecular weight excluding hydrogens is 306 g/mol. The summed E-state index contributed by atoms with van der Waals surface area (Å²) in [5, 5.41) is 7.22. The molecular formula is C14H16BrN3O. The van der Waals surface area contributed by atoms with E-state index in [1.165, 1.54) is 15.8 Å². The molecule has 1 heterocycles. The molecule has 100 valence electrons. The smallest absolute Gasteiger partial charge is 0.282 e. The van der Waals surface area contributed by atoms with Crippen LogP contribution >= 0.6 is 15.9 Å². The van der Waals surface area contributed by atoms with Gasteiger partial charge in [0.1, 0.15) is 4.47 Å². The molecule has 4 nitrogen and oxygen atoms in total. The van der Waals surface area contributed by atoms with E-state index in [2.05, 4.69) is 57.5 Å². The SMILES string of the molecule is Cc1cccc(CCNc2cnn(C)c(=O)c2Br)c1. The zero-order valence-electron chi connectivity index (χ0n) is 11.0. The van der Waals surface area contributed by atoms with Crippen molar-refractivity contribution in [3.05, 3.63) is 56.4 Å². The first kappa shape index (κ1) is 13.8. The van der Waals surface area contributed by atoms with Crippen LogP contribution in [-0.2, 0) is 13.5 Å². The predicted molar refractivity (Wildman–Crippen MR) is 80.6 cm³/mol. The number of hydrogen-bond donors (Lipinski definition) is 1. The maximum atomic E-state index is 11.7. The standard InChI is InChI=1S/C14H16BrN3O/c1-10-4-3-5-11(8-10)6-7-16-12-9-17-18(2)14(19)13(12)15/h3-5,8-9,16H,6-7H2,1-2H3. The van der Waals surface area contributed by atoms with E-state index in [1.807, 2.05) is 0 Å². The first-order chi connectivity index (χ1) is 9.08. The molecule has 0 spiro atoms. The fourth-order valence-corrected chi connectivity index (χ4v) is 2.34. The number of halogens is 1. The average molecular weight is 322 g/mol. The minimum Gasteiger partial charge on any atom is -0.382 e. The summed E-state index contributed by atoms with van der Waals surface area (Å²) >= 11 is 3.29. The van der Waals surface area contributed by atoms with Gasteiger partial charge in [-0.3, -0.25) is 4.79 Å². The van der Waals surface area contributed by atoms with Crippen molar-refractivity contribution in [3.8, 4) is 0 Å². The van der Waals surface area contributed by atoms with E-state index in [0.717, 1.165) is 18.7 Å². The Labute approximate surface area is 120 Å². The molecule has 0 radical (unpaired) electrons. The number of nitrogens with zero attached hydrogens (tertiary/aromatic N) is 2. The minimum absolute atomic E-state index is 0.138. The molecule has 0 aliphatic heterocycles. The van der Waals surface area contributed by atoms with Gasteiger partial charge in [0.05, 0.1) is 11.9 Å². The summed E-state index contributed by atoms with van der Waals surface area (Å²) < 4.78 is 1.82. The monoisotopic (exact) mass is 321 g/mol. The van der Waals surface area contributed by atoms with Gasteiger partial charge in [-0.05, 0) is 34.8 Å². The molecule has 0 atom stereocenters. The van der Waals surface area contributed by atoms with Crippen LogP contribution in [-0.4, -0.2) is 16.3 Å². The summed E-state index contributed by atoms with van der Waals surface area (Å²) in [6.45, 7) is 2.84. The molecule has 0 aliphatic carbocycles. The molecule has 2 rings (SSSR count). The molecule has 0 aliphatic rings. The maximum absolute atomic E-state index is 11.7. The lowest BCUT2D eigenvalue weighted by Crippen LogP contribution is -2.21. The molecule has 19 heavy (non-hydrogen) atoms. The Kier molecular flexibility index (Phi) is 4.37. The van der Waals surface area contributed by atoms with Crippen LogP contribution in [0.25, 0.3) is 0 Å². The fraction of sp³-hybridized carbons (Fsp3) is 0.286. The number of aromatic nitrogens is 2. The van der Waals surface area contributed by atoms with Crippen LogP contribution in [0.1, 0.15) is 11.1 Å². The lowest BCUT2D eigenvalue weighted by molar-refractivity contribution is 0.703. The van der Waals surface area contributed by atoms with Gasteiger partial charge >= 0.3 is 0 Å². The molecule has 1 aromatic heterocycles. The van der Waals surface area contributed by atoms with Crippen molar-refractivity contribution in [2.75, 3.05) is 11.9 Å². The second-order valence-corrected chi connectivity index (χ2v) is 5.26. The van der Waals surface area contributed by atoms with Gasteiger partial charge < -0.3 is 5.32 Å². The van der Waals surface area contributed by atoms with Gasteiger partial charge in [-0.2, -0.15) is 5.10 Å². The second kappa shape index (κ2) is 6.02. The Morgan fingerprint density at radius 2 is 2.21 bits per heavy atom. The summed E-state index contributed by atoms with van der Waals surface area (Å²) in [4.78, 5) is 11.7. The van der Waals surface area contributed by atoms with E-state index in [0.29, 0.717) is 4.47 Å². The van der Waals surface area contributed by atoms with Crippen LogP contribution in [0.2, 0.25) is 0 Å². The van der Waals surface area contributed by atoms with Crippen LogP contribution in [0.15, 0.2) is 39.7 Å². The summed E-state index contributed by atoms with van der Waals surface area (Å²) in [7, 11) is 1.63. The third kappa shape index (κ3) is 3.44. The molecule has 0 unspecified atom stereocenters. The highest BCUT2D eigenvalue weighted by atomic mass is 79.9. The van der Waals surface area contributed by atoms with Gasteiger partial charge in [0, 0.05) is 13.6 Å². The third-order valence-corrected chi connectivity index (χ3v) is 3.66. The van der Waals surface area contributed by atoms with Gasteiger partial charge in [-0.15, -0.1) is 0 Å². The summed E-state index contributed by atoms with van der Waals surface area (Å²) in [6.07, 6.45) is 2.56. The molecule has 0 saturated carbocycles. The second-order valence-electron chi connectivity index (χ2n) is 4.47. The lowest BCUT2D eigenvalue weighted by Gasteiger charge is -2.09. The van der Waals surface area contributed by atoms with Crippen molar-refractivity contribution in [2.24, 2.45) is 7.05 Å². The zero-order chi connectivity index (χ0) is 13.8. The van der Waals surface area contributed by atoms with Gasteiger partial charge in [0.15, 0.2) is 0 Å². The molecule has 2 aromatic rings. The van der Waals surface area contributed by atoms with E-state index < -0.39 is 0 Å². The Morgan fingerprint density at radius 3 is 2.95 bits per heavy atom. The lowest BCUT2D eigenvalue weighted by atomic mass is 10.1. The summed E-state index contributed by atoms with van der Waals surface area (Å²) in [5.74, 6) is 0. The Bertz CT molecular complexity index is 637. The molecule has 0 saturated heterocycles. The topological polar surface area (TPSA) is 46.9 Å². The van der Waals surface area contributed by atoms with E-state index >= 15 is 0 Å². The van der Waals surface area contributed by atoms with Crippen LogP contribution < -0.4 is 10.9 Å². The van der Waals surface area contributed by atoms with Gasteiger partial charge in [0.25, 0.3) is 5.56 Å². The Hall–Kier alpha value is -1.62. The molecule has 0 amide bonds. The van der Waals surface area contributed by atoms with Gasteiger partial charge in [-0.1, -0.05) is 29.8 Å². The first-order valence-corrected chi connectivity index (χ1v) is 6.88. The quantitative estimate of drug-likeness (QED) is 0.941. The third-order valence-electron chi connectivity index (χ3n) is 2.89. The normalized spacial score (nSPS) is 10.5.